The minimum Gasteiger partial charge on any atom is -0.356 e. The minimum absolute atomic E-state index is 0.0877. The summed E-state index contributed by atoms with van der Waals surface area (Å²) in [6.07, 6.45) is -4.78. The number of carbonyl (C=O) groups excluding carboxylic acids is 1. The molecular formula is C25H29Cl2F3N4O4S. The lowest BCUT2D eigenvalue weighted by Gasteiger charge is -2.37. The van der Waals surface area contributed by atoms with Gasteiger partial charge in [0.25, 0.3) is 5.91 Å². The van der Waals surface area contributed by atoms with Crippen LogP contribution < -0.4 is 10.6 Å². The third-order valence-electron chi connectivity index (χ3n) is 7.11. The maximum atomic E-state index is 14.2. The van der Waals surface area contributed by atoms with Crippen molar-refractivity contribution in [2.24, 2.45) is 0 Å². The van der Waals surface area contributed by atoms with Gasteiger partial charge in [-0.1, -0.05) is 30.1 Å². The number of likely N-dealkylation sites (tertiary alicyclic amines) is 1. The van der Waals surface area contributed by atoms with Crippen molar-refractivity contribution in [1.82, 2.24) is 15.1 Å². The highest BCUT2D eigenvalue weighted by atomic mass is 35.5. The fourth-order valence-corrected chi connectivity index (χ4v) is 6.63. The Morgan fingerprint density at radius 1 is 1.21 bits per heavy atom. The van der Waals surface area contributed by atoms with E-state index in [1.54, 1.807) is 7.05 Å². The quantitative estimate of drug-likeness (QED) is 0.430. The van der Waals surface area contributed by atoms with E-state index in [-0.39, 0.29) is 55.7 Å². The molecule has 3 N–H and O–H groups in total. The van der Waals surface area contributed by atoms with E-state index in [9.17, 15) is 31.5 Å². The maximum absolute atomic E-state index is 14.2. The van der Waals surface area contributed by atoms with Gasteiger partial charge in [0.1, 0.15) is 0 Å². The first-order chi connectivity index (χ1) is 18.3. The number of benzene rings is 2. The number of aliphatic hydroxyl groups excluding tert-OH is 1. The van der Waals surface area contributed by atoms with Crippen LogP contribution in [-0.2, 0) is 29.1 Å². The van der Waals surface area contributed by atoms with Crippen molar-refractivity contribution in [3.05, 3.63) is 56.6 Å². The number of rotatable bonds is 7. The number of aliphatic hydroxyl groups is 1. The Balaban J connectivity index is 1.74. The predicted molar refractivity (Wildman–Crippen MR) is 142 cm³/mol. The highest BCUT2D eigenvalue weighted by Gasteiger charge is 2.41. The lowest BCUT2D eigenvalue weighted by atomic mass is 9.97. The molecule has 2 atom stereocenters. The maximum Gasteiger partial charge on any atom is 0.416 e. The van der Waals surface area contributed by atoms with Gasteiger partial charge in [-0.25, -0.2) is 8.42 Å². The van der Waals surface area contributed by atoms with Crippen LogP contribution in [0.2, 0.25) is 10.0 Å². The van der Waals surface area contributed by atoms with E-state index >= 15 is 0 Å². The second-order valence-electron chi connectivity index (χ2n) is 9.61. The number of halogens is 5. The van der Waals surface area contributed by atoms with Crippen molar-refractivity contribution >= 4 is 44.6 Å². The van der Waals surface area contributed by atoms with Crippen LogP contribution in [0.4, 0.5) is 18.9 Å². The molecule has 2 aromatic rings. The van der Waals surface area contributed by atoms with Crippen molar-refractivity contribution in [3.63, 3.8) is 0 Å². The van der Waals surface area contributed by atoms with E-state index in [0.29, 0.717) is 13.1 Å². The van der Waals surface area contributed by atoms with Crippen LogP contribution in [0.25, 0.3) is 0 Å². The van der Waals surface area contributed by atoms with Gasteiger partial charge >= 0.3 is 6.18 Å². The average Bonchev–Trinajstić information content (AvgIpc) is 2.87. The molecule has 1 saturated heterocycles. The van der Waals surface area contributed by atoms with E-state index in [1.807, 2.05) is 4.90 Å². The fourth-order valence-electron chi connectivity index (χ4n) is 5.01. The van der Waals surface area contributed by atoms with Gasteiger partial charge in [-0.05, 0) is 61.8 Å². The summed E-state index contributed by atoms with van der Waals surface area (Å²) >= 11 is 12.6. The second-order valence-corrected chi connectivity index (χ2v) is 12.7. The summed E-state index contributed by atoms with van der Waals surface area (Å²) in [4.78, 5) is 16.1. The number of sulfone groups is 1. The molecule has 1 amide bonds. The molecular weight excluding hydrogens is 580 g/mol. The van der Waals surface area contributed by atoms with E-state index in [1.165, 1.54) is 25.1 Å². The molecule has 1 fully saturated rings. The standard InChI is InChI=1S/C25H29Cl2F3N4O4S/c1-3-39(37,38)20-7-6-15(26)9-14(20)11-34-23(35)17-10-19(25(28,29)30)18(21(27)22(17)32-24(34)36)13-33-8-4-5-16(12-33)31-2/h6-7,9-10,16,24,31-32,36H,3-5,8,11-13H2,1-2H3/t16-,24?/m1/s1. The number of alkyl halides is 3. The van der Waals surface area contributed by atoms with Crippen molar-refractivity contribution in [2.75, 3.05) is 31.2 Å². The summed E-state index contributed by atoms with van der Waals surface area (Å²) in [5.74, 6) is -1.17. The number of anilines is 1. The molecule has 8 nitrogen and oxygen atoms in total. The van der Waals surface area contributed by atoms with Gasteiger partial charge in [0, 0.05) is 24.2 Å². The molecule has 2 heterocycles. The number of likely N-dealkylation sites (N-methyl/N-ethyl adjacent to an activating group) is 1. The van der Waals surface area contributed by atoms with Crippen LogP contribution in [0.3, 0.4) is 0 Å². The Kier molecular flexibility index (Phi) is 8.75. The van der Waals surface area contributed by atoms with Crippen molar-refractivity contribution in [3.8, 4) is 0 Å². The SMILES string of the molecule is CCS(=O)(=O)c1ccc(Cl)cc1CN1C(=O)c2cc(C(F)(F)F)c(CN3CCC[C@@H](NC)C3)c(Cl)c2NC1O. The average molecular weight is 609 g/mol. The summed E-state index contributed by atoms with van der Waals surface area (Å²) in [5, 5.41) is 16.5. The van der Waals surface area contributed by atoms with Gasteiger partial charge in [-0.15, -0.1) is 0 Å². The molecule has 39 heavy (non-hydrogen) atoms. The number of hydrogen-bond donors (Lipinski definition) is 3. The molecule has 1 unspecified atom stereocenters. The first-order valence-electron chi connectivity index (χ1n) is 12.4. The summed E-state index contributed by atoms with van der Waals surface area (Å²) in [6.45, 7) is 2.06. The number of fused-ring (bicyclic) bond motifs is 1. The first kappa shape index (κ1) is 29.9. The summed E-state index contributed by atoms with van der Waals surface area (Å²) in [6, 6.07) is 4.89. The van der Waals surface area contributed by atoms with Gasteiger partial charge in [0.05, 0.1) is 39.0 Å². The van der Waals surface area contributed by atoms with E-state index in [2.05, 4.69) is 10.6 Å². The number of amides is 1. The van der Waals surface area contributed by atoms with Crippen molar-refractivity contribution in [1.29, 1.82) is 0 Å². The molecule has 0 saturated carbocycles. The number of hydrogen-bond acceptors (Lipinski definition) is 7. The Bertz CT molecular complexity index is 1370. The third-order valence-corrected chi connectivity index (χ3v) is 9.59. The molecule has 214 valence electrons. The molecule has 0 spiro atoms. The van der Waals surface area contributed by atoms with Crippen molar-refractivity contribution in [2.45, 2.75) is 56.3 Å². The Labute approximate surface area is 235 Å². The highest BCUT2D eigenvalue weighted by Crippen LogP contribution is 2.43. The highest BCUT2D eigenvalue weighted by molar-refractivity contribution is 7.91. The topological polar surface area (TPSA) is 102 Å². The van der Waals surface area contributed by atoms with Crippen LogP contribution in [-0.4, -0.2) is 67.5 Å². The zero-order chi connectivity index (χ0) is 28.7. The largest absolute Gasteiger partial charge is 0.416 e. The molecule has 2 aliphatic heterocycles. The molecule has 2 aromatic carbocycles. The van der Waals surface area contributed by atoms with Gasteiger partial charge in [-0.3, -0.25) is 14.6 Å². The van der Waals surface area contributed by atoms with Gasteiger partial charge in [0.15, 0.2) is 9.84 Å². The van der Waals surface area contributed by atoms with Gasteiger partial charge in [0.2, 0.25) is 6.35 Å². The zero-order valence-corrected chi connectivity index (χ0v) is 23.6. The number of nitrogens with zero attached hydrogens (tertiary/aromatic N) is 2. The molecule has 14 heteroatoms. The van der Waals surface area contributed by atoms with E-state index in [4.69, 9.17) is 23.2 Å². The summed E-state index contributed by atoms with van der Waals surface area (Å²) < 4.78 is 67.9. The lowest BCUT2D eigenvalue weighted by Crippen LogP contribution is -2.48. The third kappa shape index (κ3) is 6.15. The smallest absolute Gasteiger partial charge is 0.356 e. The number of nitrogens with one attached hydrogen (secondary N) is 2. The van der Waals surface area contributed by atoms with Crippen LogP contribution >= 0.6 is 23.2 Å². The molecule has 4 rings (SSSR count). The zero-order valence-electron chi connectivity index (χ0n) is 21.3. The fraction of sp³-hybridized carbons (Fsp3) is 0.480. The lowest BCUT2D eigenvalue weighted by molar-refractivity contribution is -0.138. The molecule has 0 radical (unpaired) electrons. The first-order valence-corrected chi connectivity index (χ1v) is 14.8. The van der Waals surface area contributed by atoms with Crippen LogP contribution in [0, 0.1) is 0 Å². The monoisotopic (exact) mass is 608 g/mol. The van der Waals surface area contributed by atoms with Crippen LogP contribution in [0.15, 0.2) is 29.2 Å². The number of carbonyl (C=O) groups is 1. The molecule has 0 bridgehead atoms. The van der Waals surface area contributed by atoms with E-state index < -0.39 is 40.4 Å². The Morgan fingerprint density at radius 2 is 1.92 bits per heavy atom. The predicted octanol–water partition coefficient (Wildman–Crippen LogP) is 4.33. The summed E-state index contributed by atoms with van der Waals surface area (Å²) in [7, 11) is -1.93. The molecule has 0 aliphatic carbocycles. The minimum atomic E-state index is -4.80. The molecule has 2 aliphatic rings. The second kappa shape index (κ2) is 11.4. The Hall–Kier alpha value is -2.09. The van der Waals surface area contributed by atoms with E-state index in [0.717, 1.165) is 23.8 Å². The van der Waals surface area contributed by atoms with Gasteiger partial charge < -0.3 is 15.7 Å². The normalized spacial score (nSPS) is 20.6. The Morgan fingerprint density at radius 3 is 2.56 bits per heavy atom. The number of piperidine rings is 1. The summed E-state index contributed by atoms with van der Waals surface area (Å²) in [5.41, 5.74) is -1.60. The van der Waals surface area contributed by atoms with Crippen LogP contribution in [0.1, 0.15) is 46.8 Å². The molecule has 0 aromatic heterocycles. The van der Waals surface area contributed by atoms with Crippen LogP contribution in [0.5, 0.6) is 0 Å². The van der Waals surface area contributed by atoms with Gasteiger partial charge in [-0.2, -0.15) is 13.2 Å². The van der Waals surface area contributed by atoms with Crippen molar-refractivity contribution < 1.29 is 31.5 Å².